The third-order valence-electron chi connectivity index (χ3n) is 2.96. The number of para-hydroxylation sites is 2. The van der Waals surface area contributed by atoms with E-state index in [-0.39, 0.29) is 0 Å². The second-order valence-corrected chi connectivity index (χ2v) is 4.36. The van der Waals surface area contributed by atoms with Gasteiger partial charge in [0.05, 0.1) is 7.11 Å². The number of nitrogen functional groups attached to an aromatic ring is 1. The van der Waals surface area contributed by atoms with Gasteiger partial charge in [0, 0.05) is 11.3 Å². The summed E-state index contributed by atoms with van der Waals surface area (Å²) in [5, 5.41) is 11.5. The summed E-state index contributed by atoms with van der Waals surface area (Å²) >= 11 is 0. The van der Waals surface area contributed by atoms with Crippen LogP contribution in [-0.2, 0) is 0 Å². The minimum atomic E-state index is -0.445. The van der Waals surface area contributed by atoms with E-state index >= 15 is 0 Å². The van der Waals surface area contributed by atoms with E-state index in [2.05, 4.69) is 15.5 Å². The second-order valence-electron chi connectivity index (χ2n) is 4.36. The first-order valence-corrected chi connectivity index (χ1v) is 6.17. The molecular weight excluding hydrogens is 273 g/mol. The number of nitrogens with zero attached hydrogens (tertiary/aromatic N) is 4. The first kappa shape index (κ1) is 13.0. The number of halogens is 1. The number of hydrogen-bond acceptors (Lipinski definition) is 5. The summed E-state index contributed by atoms with van der Waals surface area (Å²) in [5.41, 5.74) is 7.12. The van der Waals surface area contributed by atoms with Gasteiger partial charge in [-0.2, -0.15) is 4.68 Å². The van der Waals surface area contributed by atoms with Crippen molar-refractivity contribution in [3.63, 3.8) is 0 Å². The summed E-state index contributed by atoms with van der Waals surface area (Å²) in [6, 6.07) is 11.5. The summed E-state index contributed by atoms with van der Waals surface area (Å²) in [6.07, 6.45) is 0. The van der Waals surface area contributed by atoms with E-state index in [0.29, 0.717) is 28.5 Å². The van der Waals surface area contributed by atoms with Gasteiger partial charge in [0.25, 0.3) is 0 Å². The van der Waals surface area contributed by atoms with Crippen molar-refractivity contribution in [1.82, 2.24) is 20.2 Å². The lowest BCUT2D eigenvalue weighted by Crippen LogP contribution is -2.03. The highest BCUT2D eigenvalue weighted by Gasteiger charge is 2.15. The first-order chi connectivity index (χ1) is 10.2. The summed E-state index contributed by atoms with van der Waals surface area (Å²) in [5.74, 6) is 0.542. The Morgan fingerprint density at radius 1 is 1.19 bits per heavy atom. The zero-order valence-corrected chi connectivity index (χ0v) is 11.2. The van der Waals surface area contributed by atoms with Crippen molar-refractivity contribution in [1.29, 1.82) is 0 Å². The molecule has 2 N–H and O–H groups in total. The predicted octanol–water partition coefficient (Wildman–Crippen LogP) is 2.06. The van der Waals surface area contributed by atoms with Gasteiger partial charge in [-0.05, 0) is 40.8 Å². The molecule has 0 radical (unpaired) electrons. The fourth-order valence-electron chi connectivity index (χ4n) is 2.08. The van der Waals surface area contributed by atoms with E-state index in [0.717, 1.165) is 0 Å². The molecule has 1 aromatic heterocycles. The molecule has 0 saturated carbocycles. The molecule has 0 amide bonds. The zero-order chi connectivity index (χ0) is 14.8. The van der Waals surface area contributed by atoms with E-state index in [4.69, 9.17) is 10.5 Å². The van der Waals surface area contributed by atoms with Crippen LogP contribution in [0.3, 0.4) is 0 Å². The van der Waals surface area contributed by atoms with Crippen molar-refractivity contribution in [2.24, 2.45) is 0 Å². The molecule has 0 aliphatic heterocycles. The van der Waals surface area contributed by atoms with E-state index in [1.165, 1.54) is 16.8 Å². The minimum Gasteiger partial charge on any atom is -0.494 e. The van der Waals surface area contributed by atoms with Gasteiger partial charge in [-0.25, -0.2) is 4.39 Å². The first-order valence-electron chi connectivity index (χ1n) is 6.17. The van der Waals surface area contributed by atoms with Gasteiger partial charge in [-0.15, -0.1) is 5.10 Å². The molecule has 0 atom stereocenters. The van der Waals surface area contributed by atoms with Crippen LogP contribution in [0.4, 0.5) is 10.1 Å². The van der Waals surface area contributed by atoms with Crippen molar-refractivity contribution in [3.8, 4) is 22.8 Å². The average molecular weight is 285 g/mol. The molecule has 0 bridgehead atoms. The molecule has 3 aromatic rings. The summed E-state index contributed by atoms with van der Waals surface area (Å²) in [7, 11) is 1.56. The van der Waals surface area contributed by atoms with Crippen LogP contribution in [0.1, 0.15) is 0 Å². The highest BCUT2D eigenvalue weighted by atomic mass is 19.1. The van der Waals surface area contributed by atoms with Gasteiger partial charge in [0.1, 0.15) is 17.3 Å². The quantitative estimate of drug-likeness (QED) is 0.745. The van der Waals surface area contributed by atoms with E-state index in [1.54, 1.807) is 25.3 Å². The Morgan fingerprint density at radius 3 is 2.76 bits per heavy atom. The second kappa shape index (κ2) is 5.20. The van der Waals surface area contributed by atoms with Crippen molar-refractivity contribution < 1.29 is 9.13 Å². The zero-order valence-electron chi connectivity index (χ0n) is 11.2. The Labute approximate surface area is 120 Å². The molecule has 21 heavy (non-hydrogen) atoms. The number of rotatable bonds is 3. The molecule has 7 heteroatoms. The van der Waals surface area contributed by atoms with Crippen molar-refractivity contribution >= 4 is 5.69 Å². The maximum atomic E-state index is 13.5. The topological polar surface area (TPSA) is 78.8 Å². The van der Waals surface area contributed by atoms with Gasteiger partial charge >= 0.3 is 0 Å². The molecule has 2 aromatic carbocycles. The number of ether oxygens (including phenoxy) is 1. The molecular formula is C14H12FN5O. The van der Waals surface area contributed by atoms with Gasteiger partial charge < -0.3 is 10.5 Å². The number of tetrazole rings is 1. The van der Waals surface area contributed by atoms with Crippen molar-refractivity contribution in [2.45, 2.75) is 0 Å². The summed E-state index contributed by atoms with van der Waals surface area (Å²) < 4.78 is 20.3. The molecule has 0 spiro atoms. The monoisotopic (exact) mass is 285 g/mol. The fraction of sp³-hybridized carbons (Fsp3) is 0.0714. The van der Waals surface area contributed by atoms with Crippen LogP contribution in [0.5, 0.6) is 5.75 Å². The number of nitrogens with two attached hydrogens (primary N) is 1. The highest BCUT2D eigenvalue weighted by molar-refractivity contribution is 5.63. The molecule has 0 aliphatic rings. The Morgan fingerprint density at radius 2 is 2.00 bits per heavy atom. The van der Waals surface area contributed by atoms with Crippen LogP contribution in [0.25, 0.3) is 17.1 Å². The number of benzene rings is 2. The lowest BCUT2D eigenvalue weighted by molar-refractivity contribution is 0.411. The van der Waals surface area contributed by atoms with Crippen LogP contribution in [0, 0.1) is 5.82 Å². The molecule has 0 fully saturated rings. The third kappa shape index (κ3) is 2.40. The number of anilines is 1. The van der Waals surface area contributed by atoms with Crippen molar-refractivity contribution in [2.75, 3.05) is 12.8 Å². The van der Waals surface area contributed by atoms with Crippen LogP contribution in [0.2, 0.25) is 0 Å². The molecule has 6 nitrogen and oxygen atoms in total. The van der Waals surface area contributed by atoms with Crippen LogP contribution < -0.4 is 10.5 Å². The molecule has 0 aliphatic carbocycles. The lowest BCUT2D eigenvalue weighted by atomic mass is 10.2. The Bertz CT molecular complexity index is 766. The van der Waals surface area contributed by atoms with Gasteiger partial charge in [0.2, 0.25) is 0 Å². The van der Waals surface area contributed by atoms with Crippen LogP contribution in [-0.4, -0.2) is 27.3 Å². The Hall–Kier alpha value is -2.96. The van der Waals surface area contributed by atoms with Crippen molar-refractivity contribution in [3.05, 3.63) is 48.3 Å². The molecule has 1 heterocycles. The van der Waals surface area contributed by atoms with Crippen LogP contribution >= 0.6 is 0 Å². The van der Waals surface area contributed by atoms with Gasteiger partial charge in [0.15, 0.2) is 5.82 Å². The standard InChI is InChI=1S/C14H12FN5O/c1-21-13-5-3-2-4-12(13)20-14(17-18-19-20)9-6-10(15)8-11(16)7-9/h2-8H,16H2,1H3. The normalized spacial score (nSPS) is 10.6. The number of hydrogen-bond donors (Lipinski definition) is 1. The van der Waals surface area contributed by atoms with E-state index in [1.807, 2.05) is 12.1 Å². The smallest absolute Gasteiger partial charge is 0.187 e. The average Bonchev–Trinajstić information content (AvgIpc) is 2.95. The maximum Gasteiger partial charge on any atom is 0.187 e. The van der Waals surface area contributed by atoms with Crippen LogP contribution in [0.15, 0.2) is 42.5 Å². The highest BCUT2D eigenvalue weighted by Crippen LogP contribution is 2.27. The predicted molar refractivity (Wildman–Crippen MR) is 75.5 cm³/mol. The maximum absolute atomic E-state index is 13.5. The molecule has 0 unspecified atom stereocenters. The Kier molecular flexibility index (Phi) is 3.23. The number of methoxy groups -OCH3 is 1. The Balaban J connectivity index is 2.17. The number of aromatic nitrogens is 4. The lowest BCUT2D eigenvalue weighted by Gasteiger charge is -2.09. The molecule has 3 rings (SSSR count). The van der Waals surface area contributed by atoms with Gasteiger partial charge in [-0.1, -0.05) is 12.1 Å². The summed E-state index contributed by atoms with van der Waals surface area (Å²) in [4.78, 5) is 0. The minimum absolute atomic E-state index is 0.305. The van der Waals surface area contributed by atoms with Gasteiger partial charge in [-0.3, -0.25) is 0 Å². The largest absolute Gasteiger partial charge is 0.494 e. The fourth-order valence-corrected chi connectivity index (χ4v) is 2.08. The summed E-state index contributed by atoms with van der Waals surface area (Å²) in [6.45, 7) is 0. The van der Waals surface area contributed by atoms with E-state index < -0.39 is 5.82 Å². The third-order valence-corrected chi connectivity index (χ3v) is 2.96. The molecule has 0 saturated heterocycles. The molecule has 106 valence electrons. The SMILES string of the molecule is COc1ccccc1-n1nnnc1-c1cc(N)cc(F)c1. The van der Waals surface area contributed by atoms with E-state index in [9.17, 15) is 4.39 Å².